The number of para-hydroxylation sites is 1. The maximum atomic E-state index is 11.8. The van der Waals surface area contributed by atoms with Crippen molar-refractivity contribution < 1.29 is 4.79 Å². The maximum Gasteiger partial charge on any atom is 0.323 e. The fourth-order valence-electron chi connectivity index (χ4n) is 2.07. The highest BCUT2D eigenvalue weighted by Crippen LogP contribution is 2.10. The second-order valence-electron chi connectivity index (χ2n) is 4.63. The van der Waals surface area contributed by atoms with Gasteiger partial charge < -0.3 is 20.6 Å². The van der Waals surface area contributed by atoms with E-state index in [4.69, 9.17) is 0 Å². The number of imidazole rings is 1. The van der Waals surface area contributed by atoms with Gasteiger partial charge in [0.05, 0.1) is 11.0 Å². The molecule has 0 fully saturated rings. The Kier molecular flexibility index (Phi) is 3.42. The number of hydrogen-bond acceptors (Lipinski definition) is 2. The zero-order valence-corrected chi connectivity index (χ0v) is 11.1. The summed E-state index contributed by atoms with van der Waals surface area (Å²) in [4.78, 5) is 28.3. The third-order valence-electron chi connectivity index (χ3n) is 3.07. The smallest absolute Gasteiger partial charge is 0.323 e. The van der Waals surface area contributed by atoms with Crippen molar-refractivity contribution in [1.82, 2.24) is 15.3 Å². The van der Waals surface area contributed by atoms with E-state index in [1.54, 1.807) is 6.07 Å². The zero-order chi connectivity index (χ0) is 14.7. The Bertz CT molecular complexity index is 820. The summed E-state index contributed by atoms with van der Waals surface area (Å²) in [6, 6.07) is 14.4. The van der Waals surface area contributed by atoms with Crippen molar-refractivity contribution in [3.8, 4) is 0 Å². The van der Waals surface area contributed by atoms with Crippen LogP contribution in [0.3, 0.4) is 0 Å². The van der Waals surface area contributed by atoms with Gasteiger partial charge in [0.25, 0.3) is 0 Å². The molecule has 6 nitrogen and oxygen atoms in total. The summed E-state index contributed by atoms with van der Waals surface area (Å²) < 4.78 is 0. The molecular weight excluding hydrogens is 268 g/mol. The number of rotatable bonds is 3. The second kappa shape index (κ2) is 5.54. The number of H-pyrrole nitrogens is 2. The van der Waals surface area contributed by atoms with Gasteiger partial charge in [0.2, 0.25) is 0 Å². The van der Waals surface area contributed by atoms with Crippen LogP contribution in [0, 0.1) is 0 Å². The van der Waals surface area contributed by atoms with Gasteiger partial charge in [-0.3, -0.25) is 0 Å². The minimum Gasteiger partial charge on any atom is -0.334 e. The lowest BCUT2D eigenvalue weighted by atomic mass is 10.2. The Balaban J connectivity index is 1.63. The van der Waals surface area contributed by atoms with E-state index in [1.807, 2.05) is 42.5 Å². The van der Waals surface area contributed by atoms with Crippen molar-refractivity contribution in [2.24, 2.45) is 0 Å². The number of nitrogens with one attached hydrogen (secondary N) is 4. The summed E-state index contributed by atoms with van der Waals surface area (Å²) >= 11 is 0. The fourth-order valence-corrected chi connectivity index (χ4v) is 2.07. The number of aromatic amines is 2. The standard InChI is InChI=1S/C15H14N4O2/c20-14(17-11-4-2-1-3-5-11)16-9-10-6-7-12-13(8-10)19-15(21)18-12/h1-8H,9H2,(H2,16,17,20)(H2,18,19,21). The van der Waals surface area contributed by atoms with Crippen LogP contribution in [0.1, 0.15) is 5.56 Å². The lowest BCUT2D eigenvalue weighted by molar-refractivity contribution is 0.251. The van der Waals surface area contributed by atoms with Crippen molar-refractivity contribution in [1.29, 1.82) is 0 Å². The molecule has 1 aromatic heterocycles. The van der Waals surface area contributed by atoms with Gasteiger partial charge in [0, 0.05) is 12.2 Å². The molecule has 0 aliphatic heterocycles. The van der Waals surface area contributed by atoms with Crippen LogP contribution >= 0.6 is 0 Å². The first-order valence-corrected chi connectivity index (χ1v) is 6.51. The third kappa shape index (κ3) is 3.11. The number of anilines is 1. The quantitative estimate of drug-likeness (QED) is 0.593. The first-order valence-electron chi connectivity index (χ1n) is 6.51. The normalized spacial score (nSPS) is 10.5. The Morgan fingerprint density at radius 2 is 1.76 bits per heavy atom. The molecule has 0 unspecified atom stereocenters. The molecule has 0 atom stereocenters. The second-order valence-corrected chi connectivity index (χ2v) is 4.63. The van der Waals surface area contributed by atoms with Gasteiger partial charge in [0.15, 0.2) is 0 Å². The Morgan fingerprint density at radius 1 is 1.00 bits per heavy atom. The average Bonchev–Trinajstić information content (AvgIpc) is 2.85. The van der Waals surface area contributed by atoms with E-state index in [9.17, 15) is 9.59 Å². The van der Waals surface area contributed by atoms with Gasteiger partial charge in [-0.25, -0.2) is 9.59 Å². The molecule has 2 aromatic carbocycles. The van der Waals surface area contributed by atoms with Crippen LogP contribution in [0.15, 0.2) is 53.3 Å². The highest BCUT2D eigenvalue weighted by Gasteiger charge is 2.03. The van der Waals surface area contributed by atoms with Crippen LogP contribution in [0.5, 0.6) is 0 Å². The maximum absolute atomic E-state index is 11.8. The van der Waals surface area contributed by atoms with Crippen molar-refractivity contribution >= 4 is 22.8 Å². The van der Waals surface area contributed by atoms with Gasteiger partial charge in [-0.2, -0.15) is 0 Å². The molecule has 0 bridgehead atoms. The molecule has 1 heterocycles. The predicted octanol–water partition coefficient (Wildman–Crippen LogP) is 2.18. The molecule has 0 saturated carbocycles. The molecular formula is C15H14N4O2. The molecule has 6 heteroatoms. The van der Waals surface area contributed by atoms with E-state index in [-0.39, 0.29) is 11.7 Å². The molecule has 0 aliphatic carbocycles. The molecule has 2 amide bonds. The minimum absolute atomic E-state index is 0.239. The molecule has 106 valence electrons. The number of urea groups is 1. The first-order chi connectivity index (χ1) is 10.2. The van der Waals surface area contributed by atoms with Crippen LogP contribution in [-0.4, -0.2) is 16.0 Å². The number of carbonyl (C=O) groups is 1. The Labute approximate surface area is 120 Å². The number of benzene rings is 2. The lowest BCUT2D eigenvalue weighted by Crippen LogP contribution is -2.28. The molecule has 21 heavy (non-hydrogen) atoms. The molecule has 0 saturated heterocycles. The van der Waals surface area contributed by atoms with E-state index in [0.29, 0.717) is 6.54 Å². The van der Waals surface area contributed by atoms with Gasteiger partial charge in [-0.1, -0.05) is 24.3 Å². The average molecular weight is 282 g/mol. The SMILES string of the molecule is O=C(NCc1ccc2[nH]c(=O)[nH]c2c1)Nc1ccccc1. The van der Waals surface area contributed by atoms with Gasteiger partial charge in [0.1, 0.15) is 0 Å². The number of hydrogen-bond donors (Lipinski definition) is 4. The van der Waals surface area contributed by atoms with Crippen LogP contribution < -0.4 is 16.3 Å². The molecule has 4 N–H and O–H groups in total. The van der Waals surface area contributed by atoms with E-state index < -0.39 is 0 Å². The van der Waals surface area contributed by atoms with Gasteiger partial charge >= 0.3 is 11.7 Å². The summed E-state index contributed by atoms with van der Waals surface area (Å²) in [5, 5.41) is 5.51. The first kappa shape index (κ1) is 13.0. The lowest BCUT2D eigenvalue weighted by Gasteiger charge is -2.07. The molecule has 0 radical (unpaired) electrons. The predicted molar refractivity (Wildman–Crippen MR) is 81.2 cm³/mol. The van der Waals surface area contributed by atoms with Gasteiger partial charge in [-0.15, -0.1) is 0 Å². The van der Waals surface area contributed by atoms with Crippen molar-refractivity contribution in [2.45, 2.75) is 6.54 Å². The minimum atomic E-state index is -0.274. The monoisotopic (exact) mass is 282 g/mol. The summed E-state index contributed by atoms with van der Waals surface area (Å²) in [6.07, 6.45) is 0. The topological polar surface area (TPSA) is 89.8 Å². The van der Waals surface area contributed by atoms with Crippen molar-refractivity contribution in [3.63, 3.8) is 0 Å². The van der Waals surface area contributed by atoms with Crippen LogP contribution in [0.25, 0.3) is 11.0 Å². The molecule has 3 aromatic rings. The fraction of sp³-hybridized carbons (Fsp3) is 0.0667. The van der Waals surface area contributed by atoms with E-state index in [2.05, 4.69) is 20.6 Å². The number of aromatic nitrogens is 2. The molecule has 3 rings (SSSR count). The van der Waals surface area contributed by atoms with Crippen molar-refractivity contribution in [3.05, 3.63) is 64.6 Å². The van der Waals surface area contributed by atoms with Crippen LogP contribution in [0.2, 0.25) is 0 Å². The highest BCUT2D eigenvalue weighted by molar-refractivity contribution is 5.89. The van der Waals surface area contributed by atoms with E-state index in [0.717, 1.165) is 22.3 Å². The van der Waals surface area contributed by atoms with E-state index >= 15 is 0 Å². The van der Waals surface area contributed by atoms with Gasteiger partial charge in [-0.05, 0) is 29.8 Å². The largest absolute Gasteiger partial charge is 0.334 e. The summed E-state index contributed by atoms with van der Waals surface area (Å²) in [6.45, 7) is 0.377. The molecule has 0 aliphatic rings. The van der Waals surface area contributed by atoms with Crippen molar-refractivity contribution in [2.75, 3.05) is 5.32 Å². The summed E-state index contributed by atoms with van der Waals surface area (Å²) in [7, 11) is 0. The van der Waals surface area contributed by atoms with Crippen LogP contribution in [0.4, 0.5) is 10.5 Å². The number of fused-ring (bicyclic) bond motifs is 1. The molecule has 0 spiro atoms. The highest BCUT2D eigenvalue weighted by atomic mass is 16.2. The number of carbonyl (C=O) groups excluding carboxylic acids is 1. The Hall–Kier alpha value is -3.02. The third-order valence-corrected chi connectivity index (χ3v) is 3.07. The van der Waals surface area contributed by atoms with E-state index in [1.165, 1.54) is 0 Å². The Morgan fingerprint density at radius 3 is 2.57 bits per heavy atom. The van der Waals surface area contributed by atoms with Crippen LogP contribution in [-0.2, 0) is 6.54 Å². The summed E-state index contributed by atoms with van der Waals surface area (Å²) in [5.74, 6) is 0. The number of amides is 2. The summed E-state index contributed by atoms with van der Waals surface area (Å²) in [5.41, 5.74) is 2.87. The zero-order valence-electron chi connectivity index (χ0n) is 11.1.